The van der Waals surface area contributed by atoms with E-state index < -0.39 is 6.10 Å². The van der Waals surface area contributed by atoms with Gasteiger partial charge in [0.15, 0.2) is 0 Å². The maximum absolute atomic E-state index is 13.9. The summed E-state index contributed by atoms with van der Waals surface area (Å²) < 4.78 is 13.9. The average Bonchev–Trinajstić information content (AvgIpc) is 2.47. The first-order valence-electron chi connectivity index (χ1n) is 7.91. The number of halogens is 1. The summed E-state index contributed by atoms with van der Waals surface area (Å²) >= 11 is 0. The van der Waals surface area contributed by atoms with Crippen molar-refractivity contribution >= 4 is 6.03 Å². The Morgan fingerprint density at radius 3 is 2.57 bits per heavy atom. The Bertz CT molecular complexity index is 507. The summed E-state index contributed by atoms with van der Waals surface area (Å²) in [6.45, 7) is 5.07. The monoisotopic (exact) mass is 325 g/mol. The van der Waals surface area contributed by atoms with Crippen LogP contribution in [0.25, 0.3) is 0 Å². The molecule has 0 spiro atoms. The summed E-state index contributed by atoms with van der Waals surface area (Å²) in [5.74, 6) is -0.0954. The van der Waals surface area contributed by atoms with Crippen molar-refractivity contribution in [1.29, 1.82) is 0 Å². The van der Waals surface area contributed by atoms with Crippen molar-refractivity contribution in [3.05, 3.63) is 35.1 Å². The fourth-order valence-electron chi connectivity index (χ4n) is 2.08. The molecular formula is C17H28FN3O2. The standard InChI is InChI=1S/C17H28FN3O2/c1-12(2)16(22)7-8-19-17(23)20-10-13-5-6-14(11-21(3)4)15(18)9-13/h5-6,9,12,16,22H,7-8,10-11H2,1-4H3,(H2,19,20,23). The Morgan fingerprint density at radius 2 is 2.00 bits per heavy atom. The molecule has 0 radical (unpaired) electrons. The van der Waals surface area contributed by atoms with Crippen molar-refractivity contribution in [2.24, 2.45) is 5.92 Å². The lowest BCUT2D eigenvalue weighted by molar-refractivity contribution is 0.116. The molecule has 0 fully saturated rings. The lowest BCUT2D eigenvalue weighted by Gasteiger charge is -2.15. The number of urea groups is 1. The van der Waals surface area contributed by atoms with E-state index in [1.54, 1.807) is 6.07 Å². The molecule has 1 atom stereocenters. The molecule has 23 heavy (non-hydrogen) atoms. The predicted octanol–water partition coefficient (Wildman–Crippen LogP) is 2.09. The van der Waals surface area contributed by atoms with Gasteiger partial charge in [0.2, 0.25) is 0 Å². The molecule has 0 saturated carbocycles. The number of carbonyl (C=O) groups excluding carboxylic acids is 1. The van der Waals surface area contributed by atoms with Crippen LogP contribution in [0.3, 0.4) is 0 Å². The molecule has 5 nitrogen and oxygen atoms in total. The number of benzene rings is 1. The SMILES string of the molecule is CC(C)C(O)CCNC(=O)NCc1ccc(CN(C)C)c(F)c1. The molecule has 1 unspecified atom stereocenters. The van der Waals surface area contributed by atoms with Crippen LogP contribution in [0.15, 0.2) is 18.2 Å². The molecule has 6 heteroatoms. The topological polar surface area (TPSA) is 64.6 Å². The van der Waals surface area contributed by atoms with Gasteiger partial charge in [-0.3, -0.25) is 0 Å². The number of rotatable bonds is 8. The number of hydrogen-bond donors (Lipinski definition) is 3. The van der Waals surface area contributed by atoms with E-state index in [-0.39, 0.29) is 24.3 Å². The normalized spacial score (nSPS) is 12.5. The third-order valence-electron chi connectivity index (χ3n) is 3.55. The van der Waals surface area contributed by atoms with Crippen LogP contribution >= 0.6 is 0 Å². The van der Waals surface area contributed by atoms with E-state index >= 15 is 0 Å². The van der Waals surface area contributed by atoms with Crippen molar-refractivity contribution in [1.82, 2.24) is 15.5 Å². The molecule has 0 aliphatic heterocycles. The summed E-state index contributed by atoms with van der Waals surface area (Å²) in [5, 5.41) is 15.0. The van der Waals surface area contributed by atoms with Crippen LogP contribution < -0.4 is 10.6 Å². The van der Waals surface area contributed by atoms with Crippen LogP contribution in [-0.2, 0) is 13.1 Å². The van der Waals surface area contributed by atoms with Gasteiger partial charge in [0.25, 0.3) is 0 Å². The molecule has 2 amide bonds. The molecule has 0 saturated heterocycles. The van der Waals surface area contributed by atoms with E-state index in [0.29, 0.717) is 30.6 Å². The molecular weight excluding hydrogens is 297 g/mol. The van der Waals surface area contributed by atoms with Gasteiger partial charge in [0, 0.05) is 25.2 Å². The van der Waals surface area contributed by atoms with Gasteiger partial charge in [-0.15, -0.1) is 0 Å². The molecule has 1 aromatic rings. The van der Waals surface area contributed by atoms with Gasteiger partial charge in [-0.25, -0.2) is 9.18 Å². The van der Waals surface area contributed by atoms with Crippen LogP contribution in [0.1, 0.15) is 31.4 Å². The fourth-order valence-corrected chi connectivity index (χ4v) is 2.08. The quantitative estimate of drug-likeness (QED) is 0.686. The van der Waals surface area contributed by atoms with Crippen molar-refractivity contribution in [2.45, 2.75) is 39.5 Å². The summed E-state index contributed by atoms with van der Waals surface area (Å²) in [5.41, 5.74) is 1.34. The molecule has 0 aromatic heterocycles. The van der Waals surface area contributed by atoms with Crippen molar-refractivity contribution in [3.8, 4) is 0 Å². The van der Waals surface area contributed by atoms with Crippen molar-refractivity contribution in [3.63, 3.8) is 0 Å². The van der Waals surface area contributed by atoms with Gasteiger partial charge < -0.3 is 20.6 Å². The molecule has 0 bridgehead atoms. The van der Waals surface area contributed by atoms with Crippen LogP contribution in [0.4, 0.5) is 9.18 Å². The van der Waals surface area contributed by atoms with Crippen LogP contribution in [0.2, 0.25) is 0 Å². The Morgan fingerprint density at radius 1 is 1.30 bits per heavy atom. The predicted molar refractivity (Wildman–Crippen MR) is 89.5 cm³/mol. The van der Waals surface area contributed by atoms with E-state index in [1.165, 1.54) is 6.07 Å². The molecule has 1 rings (SSSR count). The zero-order valence-corrected chi connectivity index (χ0v) is 14.4. The van der Waals surface area contributed by atoms with Crippen molar-refractivity contribution in [2.75, 3.05) is 20.6 Å². The second kappa shape index (κ2) is 9.47. The number of aliphatic hydroxyl groups excluding tert-OH is 1. The van der Waals surface area contributed by atoms with Gasteiger partial charge in [0.1, 0.15) is 5.82 Å². The summed E-state index contributed by atoms with van der Waals surface area (Å²) in [6.07, 6.45) is 0.0903. The van der Waals surface area contributed by atoms with Gasteiger partial charge in [-0.05, 0) is 38.1 Å². The lowest BCUT2D eigenvalue weighted by atomic mass is 10.0. The third kappa shape index (κ3) is 7.43. The van der Waals surface area contributed by atoms with Gasteiger partial charge in [-0.1, -0.05) is 26.0 Å². The highest BCUT2D eigenvalue weighted by Crippen LogP contribution is 2.12. The first kappa shape index (κ1) is 19.4. The second-order valence-electron chi connectivity index (χ2n) is 6.37. The molecule has 0 aliphatic rings. The summed E-state index contributed by atoms with van der Waals surface area (Å²) in [4.78, 5) is 13.6. The fraction of sp³-hybridized carbons (Fsp3) is 0.588. The number of nitrogens with one attached hydrogen (secondary N) is 2. The maximum atomic E-state index is 13.9. The Hall–Kier alpha value is -1.66. The Balaban J connectivity index is 2.37. The van der Waals surface area contributed by atoms with E-state index in [0.717, 1.165) is 0 Å². The van der Waals surface area contributed by atoms with Gasteiger partial charge >= 0.3 is 6.03 Å². The molecule has 3 N–H and O–H groups in total. The Labute approximate surface area is 137 Å². The smallest absolute Gasteiger partial charge is 0.315 e. The minimum absolute atomic E-state index is 0.170. The highest BCUT2D eigenvalue weighted by molar-refractivity contribution is 5.73. The highest BCUT2D eigenvalue weighted by atomic mass is 19.1. The number of carbonyl (C=O) groups is 1. The Kier molecular flexibility index (Phi) is 7.98. The van der Waals surface area contributed by atoms with E-state index in [2.05, 4.69) is 10.6 Å². The third-order valence-corrected chi connectivity index (χ3v) is 3.55. The van der Waals surface area contributed by atoms with Crippen LogP contribution in [0, 0.1) is 11.7 Å². The zero-order valence-electron chi connectivity index (χ0n) is 14.4. The van der Waals surface area contributed by atoms with E-state index in [1.807, 2.05) is 38.9 Å². The summed E-state index contributed by atoms with van der Waals surface area (Å²) in [7, 11) is 3.77. The zero-order chi connectivity index (χ0) is 17.4. The number of hydrogen-bond acceptors (Lipinski definition) is 3. The first-order chi connectivity index (χ1) is 10.8. The largest absolute Gasteiger partial charge is 0.393 e. The van der Waals surface area contributed by atoms with Crippen LogP contribution in [-0.4, -0.2) is 42.8 Å². The van der Waals surface area contributed by atoms with E-state index in [9.17, 15) is 14.3 Å². The summed E-state index contributed by atoms with van der Waals surface area (Å²) in [6, 6.07) is 4.68. The van der Waals surface area contributed by atoms with Crippen molar-refractivity contribution < 1.29 is 14.3 Å². The first-order valence-corrected chi connectivity index (χ1v) is 7.91. The highest BCUT2D eigenvalue weighted by Gasteiger charge is 2.10. The average molecular weight is 325 g/mol. The number of aliphatic hydroxyl groups is 1. The van der Waals surface area contributed by atoms with E-state index in [4.69, 9.17) is 0 Å². The molecule has 1 aromatic carbocycles. The molecule has 0 heterocycles. The van der Waals surface area contributed by atoms with Gasteiger partial charge in [0.05, 0.1) is 6.10 Å². The van der Waals surface area contributed by atoms with Crippen LogP contribution in [0.5, 0.6) is 0 Å². The molecule has 0 aliphatic carbocycles. The minimum Gasteiger partial charge on any atom is -0.393 e. The number of nitrogens with zero attached hydrogens (tertiary/aromatic N) is 1. The maximum Gasteiger partial charge on any atom is 0.315 e. The van der Waals surface area contributed by atoms with Gasteiger partial charge in [-0.2, -0.15) is 0 Å². The second-order valence-corrected chi connectivity index (χ2v) is 6.37. The number of amides is 2. The molecule has 130 valence electrons. The minimum atomic E-state index is -0.423. The lowest BCUT2D eigenvalue weighted by Crippen LogP contribution is -2.37.